The number of ether oxygens (including phenoxy) is 3. The number of benzene rings is 2. The van der Waals surface area contributed by atoms with Crippen LogP contribution in [0.15, 0.2) is 49.1 Å². The molecule has 108 valence electrons. The van der Waals surface area contributed by atoms with Crippen LogP contribution < -0.4 is 14.2 Å². The van der Waals surface area contributed by atoms with Gasteiger partial charge in [-0.1, -0.05) is 18.2 Å². The van der Waals surface area contributed by atoms with Crippen LogP contribution in [0.5, 0.6) is 17.2 Å². The largest absolute Gasteiger partial charge is 0.496 e. The summed E-state index contributed by atoms with van der Waals surface area (Å²) in [6.45, 7) is 5.01. The maximum atomic E-state index is 5.64. The van der Waals surface area contributed by atoms with Crippen molar-refractivity contribution in [2.45, 2.75) is 6.42 Å². The Morgan fingerprint density at radius 3 is 2.52 bits per heavy atom. The number of fused-ring (bicyclic) bond motifs is 1. The van der Waals surface area contributed by atoms with Crippen molar-refractivity contribution in [1.29, 1.82) is 0 Å². The maximum Gasteiger partial charge on any atom is 0.161 e. The van der Waals surface area contributed by atoms with Gasteiger partial charge in [0.25, 0.3) is 0 Å². The average molecular weight is 282 g/mol. The molecule has 0 N–H and O–H groups in total. The maximum absolute atomic E-state index is 5.64. The third kappa shape index (κ3) is 2.72. The van der Waals surface area contributed by atoms with Crippen LogP contribution in [0.2, 0.25) is 0 Å². The van der Waals surface area contributed by atoms with Crippen LogP contribution in [0.3, 0.4) is 0 Å². The summed E-state index contributed by atoms with van der Waals surface area (Å²) >= 11 is 0. The molecule has 0 amide bonds. The summed E-state index contributed by atoms with van der Waals surface area (Å²) in [6.07, 6.45) is 2.66. The van der Waals surface area contributed by atoms with Gasteiger partial charge in [-0.3, -0.25) is 0 Å². The Hall–Kier alpha value is -2.42. The van der Waals surface area contributed by atoms with Gasteiger partial charge >= 0.3 is 0 Å². The van der Waals surface area contributed by atoms with Crippen molar-refractivity contribution in [3.8, 4) is 28.4 Å². The average Bonchev–Trinajstić information content (AvgIpc) is 2.54. The van der Waals surface area contributed by atoms with E-state index in [1.165, 1.54) is 0 Å². The fourth-order valence-corrected chi connectivity index (χ4v) is 2.50. The Bertz CT molecular complexity index is 662. The fourth-order valence-electron chi connectivity index (χ4n) is 2.50. The molecule has 0 saturated carbocycles. The molecule has 0 unspecified atom stereocenters. The lowest BCUT2D eigenvalue weighted by atomic mass is 10.0. The number of methoxy groups -OCH3 is 1. The Balaban J connectivity index is 1.99. The Morgan fingerprint density at radius 1 is 1.05 bits per heavy atom. The first-order valence-corrected chi connectivity index (χ1v) is 6.99. The highest BCUT2D eigenvalue weighted by atomic mass is 16.6. The minimum Gasteiger partial charge on any atom is -0.496 e. The van der Waals surface area contributed by atoms with Gasteiger partial charge in [-0.05, 0) is 47.4 Å². The van der Waals surface area contributed by atoms with Crippen LogP contribution >= 0.6 is 0 Å². The quantitative estimate of drug-likeness (QED) is 0.797. The normalized spacial score (nSPS) is 12.8. The van der Waals surface area contributed by atoms with Gasteiger partial charge in [0.2, 0.25) is 0 Å². The molecule has 1 aliphatic heterocycles. The second-order valence-electron chi connectivity index (χ2n) is 4.88. The second kappa shape index (κ2) is 5.92. The smallest absolute Gasteiger partial charge is 0.161 e. The van der Waals surface area contributed by atoms with Crippen LogP contribution in [-0.2, 0) is 6.42 Å². The van der Waals surface area contributed by atoms with E-state index in [4.69, 9.17) is 14.2 Å². The first-order chi connectivity index (χ1) is 10.3. The van der Waals surface area contributed by atoms with Crippen molar-refractivity contribution in [1.82, 2.24) is 0 Å². The highest BCUT2D eigenvalue weighted by molar-refractivity contribution is 5.69. The molecule has 0 radical (unpaired) electrons. The molecule has 1 aliphatic rings. The number of allylic oxidation sites excluding steroid dienone is 1. The molecule has 2 aromatic carbocycles. The Labute approximate surface area is 124 Å². The molecular formula is C18H18O3. The van der Waals surface area contributed by atoms with Crippen LogP contribution in [0, 0.1) is 0 Å². The number of rotatable bonds is 4. The van der Waals surface area contributed by atoms with Crippen LogP contribution in [0.25, 0.3) is 11.1 Å². The number of hydrogen-bond donors (Lipinski definition) is 0. The van der Waals surface area contributed by atoms with Gasteiger partial charge in [-0.15, -0.1) is 6.58 Å². The summed E-state index contributed by atoms with van der Waals surface area (Å²) in [5.74, 6) is 2.50. The van der Waals surface area contributed by atoms with Gasteiger partial charge in [-0.2, -0.15) is 0 Å². The molecule has 0 fully saturated rings. The lowest BCUT2D eigenvalue weighted by molar-refractivity contribution is 0.171. The highest BCUT2D eigenvalue weighted by Gasteiger charge is 2.13. The molecule has 0 bridgehead atoms. The predicted octanol–water partition coefficient (Wildman–Crippen LogP) is 3.86. The minimum atomic E-state index is 0.598. The van der Waals surface area contributed by atoms with Gasteiger partial charge in [0.15, 0.2) is 11.5 Å². The van der Waals surface area contributed by atoms with Crippen molar-refractivity contribution >= 4 is 0 Å². The summed E-state index contributed by atoms with van der Waals surface area (Å²) < 4.78 is 16.6. The van der Waals surface area contributed by atoms with E-state index in [9.17, 15) is 0 Å². The second-order valence-corrected chi connectivity index (χ2v) is 4.88. The lowest BCUT2D eigenvalue weighted by Crippen LogP contribution is -2.15. The summed E-state index contributed by atoms with van der Waals surface area (Å²) in [5, 5.41) is 0. The summed E-state index contributed by atoms with van der Waals surface area (Å²) in [7, 11) is 1.69. The van der Waals surface area contributed by atoms with E-state index >= 15 is 0 Å². The highest BCUT2D eigenvalue weighted by Crippen LogP contribution is 2.35. The monoisotopic (exact) mass is 282 g/mol. The lowest BCUT2D eigenvalue weighted by Gasteiger charge is -2.19. The Morgan fingerprint density at radius 2 is 1.76 bits per heavy atom. The minimum absolute atomic E-state index is 0.598. The molecule has 3 heteroatoms. The molecule has 0 atom stereocenters. The molecule has 2 aromatic rings. The van der Waals surface area contributed by atoms with Gasteiger partial charge in [0.1, 0.15) is 19.0 Å². The Kier molecular flexibility index (Phi) is 3.82. The third-order valence-corrected chi connectivity index (χ3v) is 3.52. The van der Waals surface area contributed by atoms with Crippen LogP contribution in [-0.4, -0.2) is 20.3 Å². The van der Waals surface area contributed by atoms with Crippen molar-refractivity contribution in [2.75, 3.05) is 20.3 Å². The molecule has 3 nitrogen and oxygen atoms in total. The molecule has 0 aromatic heterocycles. The first kappa shape index (κ1) is 13.6. The molecule has 0 aliphatic carbocycles. The van der Waals surface area contributed by atoms with Crippen molar-refractivity contribution in [3.05, 3.63) is 54.6 Å². The van der Waals surface area contributed by atoms with Crippen molar-refractivity contribution in [2.24, 2.45) is 0 Å². The zero-order chi connectivity index (χ0) is 14.7. The SMILES string of the molecule is C=CCc1cc(-c2ccc3c(c2)OCCO3)ccc1OC. The topological polar surface area (TPSA) is 27.7 Å². The van der Waals surface area contributed by atoms with E-state index in [0.29, 0.717) is 13.2 Å². The van der Waals surface area contributed by atoms with Gasteiger partial charge < -0.3 is 14.2 Å². The van der Waals surface area contributed by atoms with E-state index in [-0.39, 0.29) is 0 Å². The summed E-state index contributed by atoms with van der Waals surface area (Å²) in [4.78, 5) is 0. The van der Waals surface area contributed by atoms with E-state index in [0.717, 1.165) is 40.4 Å². The van der Waals surface area contributed by atoms with E-state index in [2.05, 4.69) is 18.7 Å². The zero-order valence-electron chi connectivity index (χ0n) is 12.1. The van der Waals surface area contributed by atoms with Crippen molar-refractivity contribution < 1.29 is 14.2 Å². The molecule has 21 heavy (non-hydrogen) atoms. The standard InChI is InChI=1S/C18H18O3/c1-3-4-15-11-13(5-7-16(15)19-2)14-6-8-17-18(12-14)21-10-9-20-17/h3,5-8,11-12H,1,4,9-10H2,2H3. The van der Waals surface area contributed by atoms with Gasteiger partial charge in [0.05, 0.1) is 7.11 Å². The van der Waals surface area contributed by atoms with Gasteiger partial charge in [0, 0.05) is 0 Å². The number of hydrogen-bond acceptors (Lipinski definition) is 3. The van der Waals surface area contributed by atoms with E-state index in [1.54, 1.807) is 7.11 Å². The van der Waals surface area contributed by atoms with Gasteiger partial charge in [-0.25, -0.2) is 0 Å². The molecular weight excluding hydrogens is 264 g/mol. The van der Waals surface area contributed by atoms with Crippen LogP contribution in [0.4, 0.5) is 0 Å². The summed E-state index contributed by atoms with van der Waals surface area (Å²) in [5.41, 5.74) is 3.36. The summed E-state index contributed by atoms with van der Waals surface area (Å²) in [6, 6.07) is 12.2. The fraction of sp³-hybridized carbons (Fsp3) is 0.222. The molecule has 3 rings (SSSR count). The molecule has 0 saturated heterocycles. The predicted molar refractivity (Wildman–Crippen MR) is 83.3 cm³/mol. The van der Waals surface area contributed by atoms with E-state index < -0.39 is 0 Å². The molecule has 1 heterocycles. The van der Waals surface area contributed by atoms with Crippen molar-refractivity contribution in [3.63, 3.8) is 0 Å². The van der Waals surface area contributed by atoms with E-state index in [1.807, 2.05) is 30.3 Å². The third-order valence-electron chi connectivity index (χ3n) is 3.52. The zero-order valence-corrected chi connectivity index (χ0v) is 12.1. The van der Waals surface area contributed by atoms with Crippen LogP contribution in [0.1, 0.15) is 5.56 Å². The first-order valence-electron chi connectivity index (χ1n) is 6.99. The molecule has 0 spiro atoms.